The summed E-state index contributed by atoms with van der Waals surface area (Å²) < 4.78 is 0.829. The number of benzene rings is 2. The highest BCUT2D eigenvalue weighted by atomic mass is 79.9. The second kappa shape index (κ2) is 6.27. The lowest BCUT2D eigenvalue weighted by molar-refractivity contribution is 0.0993. The Hall–Kier alpha value is -0.540. The molecule has 0 aliphatic heterocycles. The van der Waals surface area contributed by atoms with E-state index >= 15 is 0 Å². The lowest BCUT2D eigenvalue weighted by Gasteiger charge is -2.06. The molecule has 98 valence electrons. The topological polar surface area (TPSA) is 17.1 Å². The van der Waals surface area contributed by atoms with Gasteiger partial charge in [0.05, 0.1) is 5.02 Å². The van der Waals surface area contributed by atoms with Gasteiger partial charge in [0.25, 0.3) is 0 Å². The van der Waals surface area contributed by atoms with Crippen LogP contribution in [0.2, 0.25) is 15.1 Å². The normalized spacial score (nSPS) is 10.5. The molecule has 0 spiro atoms. The predicted octanol–water partition coefficient (Wildman–Crippen LogP) is 5.83. The van der Waals surface area contributed by atoms with Gasteiger partial charge in [-0.3, -0.25) is 4.79 Å². The number of carbonyl (C=O) groups is 1. The van der Waals surface area contributed by atoms with Crippen molar-refractivity contribution in [1.82, 2.24) is 0 Å². The molecule has 2 aromatic rings. The Kier molecular flexibility index (Phi) is 4.91. The van der Waals surface area contributed by atoms with Gasteiger partial charge in [-0.2, -0.15) is 0 Å². The summed E-state index contributed by atoms with van der Waals surface area (Å²) in [4.78, 5) is 12.2. The number of hydrogen-bond acceptors (Lipinski definition) is 1. The first kappa shape index (κ1) is 14.9. The summed E-state index contributed by atoms with van der Waals surface area (Å²) in [6.45, 7) is 0. The minimum Gasteiger partial charge on any atom is -0.294 e. The van der Waals surface area contributed by atoms with Crippen LogP contribution >= 0.6 is 50.7 Å². The van der Waals surface area contributed by atoms with Crippen LogP contribution in [0, 0.1) is 0 Å². The molecule has 19 heavy (non-hydrogen) atoms. The zero-order valence-corrected chi connectivity index (χ0v) is 13.4. The number of rotatable bonds is 3. The van der Waals surface area contributed by atoms with Crippen molar-refractivity contribution in [2.24, 2.45) is 0 Å². The van der Waals surface area contributed by atoms with E-state index in [4.69, 9.17) is 34.8 Å². The summed E-state index contributed by atoms with van der Waals surface area (Å²) in [6.07, 6.45) is 0.167. The molecular weight excluding hydrogens is 370 g/mol. The molecule has 0 saturated heterocycles. The van der Waals surface area contributed by atoms with E-state index in [1.807, 2.05) is 0 Å². The molecule has 0 aromatic heterocycles. The molecule has 0 N–H and O–H groups in total. The lowest BCUT2D eigenvalue weighted by atomic mass is 10.0. The van der Waals surface area contributed by atoms with Gasteiger partial charge in [-0.05, 0) is 42.0 Å². The van der Waals surface area contributed by atoms with Crippen LogP contribution in [0.3, 0.4) is 0 Å². The highest BCUT2D eigenvalue weighted by molar-refractivity contribution is 9.10. The van der Waals surface area contributed by atoms with Crippen molar-refractivity contribution in [3.05, 3.63) is 67.1 Å². The molecule has 0 fully saturated rings. The summed E-state index contributed by atoms with van der Waals surface area (Å²) in [7, 11) is 0. The smallest absolute Gasteiger partial charge is 0.168 e. The molecule has 0 aliphatic rings. The fraction of sp³-hybridized carbons (Fsp3) is 0.0714. The molecule has 5 heteroatoms. The van der Waals surface area contributed by atoms with Gasteiger partial charge < -0.3 is 0 Å². The molecule has 0 saturated carbocycles. The molecule has 0 atom stereocenters. The molecule has 0 bridgehead atoms. The van der Waals surface area contributed by atoms with Crippen LogP contribution in [-0.4, -0.2) is 5.78 Å². The minimum atomic E-state index is -0.0957. The number of hydrogen-bond donors (Lipinski definition) is 0. The van der Waals surface area contributed by atoms with Crippen molar-refractivity contribution in [3.63, 3.8) is 0 Å². The van der Waals surface area contributed by atoms with Crippen LogP contribution in [0.4, 0.5) is 0 Å². The van der Waals surface area contributed by atoms with Crippen LogP contribution in [-0.2, 0) is 6.42 Å². The second-order valence-electron chi connectivity index (χ2n) is 3.96. The van der Waals surface area contributed by atoms with E-state index in [1.54, 1.807) is 36.4 Å². The molecule has 0 radical (unpaired) electrons. The largest absolute Gasteiger partial charge is 0.294 e. The van der Waals surface area contributed by atoms with Crippen molar-refractivity contribution in [3.8, 4) is 0 Å². The van der Waals surface area contributed by atoms with Crippen molar-refractivity contribution in [2.75, 3.05) is 0 Å². The monoisotopic (exact) mass is 376 g/mol. The number of carbonyl (C=O) groups excluding carboxylic acids is 1. The van der Waals surface area contributed by atoms with E-state index in [0.29, 0.717) is 26.2 Å². The number of ketones is 1. The fourth-order valence-corrected chi connectivity index (χ4v) is 2.82. The first-order valence-electron chi connectivity index (χ1n) is 5.39. The maximum absolute atomic E-state index is 12.2. The molecule has 2 rings (SSSR count). The van der Waals surface area contributed by atoms with Crippen LogP contribution in [0.25, 0.3) is 0 Å². The van der Waals surface area contributed by atoms with Gasteiger partial charge in [0.15, 0.2) is 5.78 Å². The summed E-state index contributed by atoms with van der Waals surface area (Å²) in [6, 6.07) is 10.2. The SMILES string of the molecule is O=C(Cc1cc(Cl)ccc1Cl)c1ccc(Br)cc1Cl. The van der Waals surface area contributed by atoms with E-state index in [0.717, 1.165) is 4.47 Å². The van der Waals surface area contributed by atoms with E-state index in [1.165, 1.54) is 0 Å². The molecule has 1 nitrogen and oxygen atoms in total. The van der Waals surface area contributed by atoms with Crippen molar-refractivity contribution >= 4 is 56.5 Å². The molecule has 0 unspecified atom stereocenters. The van der Waals surface area contributed by atoms with E-state index in [9.17, 15) is 4.79 Å². The van der Waals surface area contributed by atoms with Gasteiger partial charge in [-0.25, -0.2) is 0 Å². The Morgan fingerprint density at radius 2 is 1.74 bits per heavy atom. The lowest BCUT2D eigenvalue weighted by Crippen LogP contribution is -2.05. The van der Waals surface area contributed by atoms with E-state index in [2.05, 4.69) is 15.9 Å². The quantitative estimate of drug-likeness (QED) is 0.614. The maximum atomic E-state index is 12.2. The first-order chi connectivity index (χ1) is 8.97. The molecule has 0 heterocycles. The zero-order chi connectivity index (χ0) is 14.0. The van der Waals surface area contributed by atoms with E-state index < -0.39 is 0 Å². The van der Waals surface area contributed by atoms with Crippen LogP contribution in [0.1, 0.15) is 15.9 Å². The highest BCUT2D eigenvalue weighted by Gasteiger charge is 2.13. The second-order valence-corrected chi connectivity index (χ2v) is 6.13. The fourth-order valence-electron chi connectivity index (χ4n) is 1.66. The summed E-state index contributed by atoms with van der Waals surface area (Å²) in [5.74, 6) is -0.0957. The maximum Gasteiger partial charge on any atom is 0.168 e. The molecule has 0 aliphatic carbocycles. The molecule has 0 amide bonds. The first-order valence-corrected chi connectivity index (χ1v) is 7.32. The van der Waals surface area contributed by atoms with Gasteiger partial charge in [-0.15, -0.1) is 0 Å². The summed E-state index contributed by atoms with van der Waals surface area (Å²) in [5.41, 5.74) is 1.17. The number of Topliss-reactive ketones (excluding diaryl/α,β-unsaturated/α-hetero) is 1. The molecular formula is C14H8BrCl3O. The Balaban J connectivity index is 2.28. The third kappa shape index (κ3) is 3.73. The standard InChI is InChI=1S/C14H8BrCl3O/c15-9-1-3-11(13(18)7-9)14(19)6-8-5-10(16)2-4-12(8)17/h1-5,7H,6H2. The van der Waals surface area contributed by atoms with Gasteiger partial charge >= 0.3 is 0 Å². The Morgan fingerprint density at radius 3 is 2.42 bits per heavy atom. The predicted molar refractivity (Wildman–Crippen MR) is 83.6 cm³/mol. The average Bonchev–Trinajstić information content (AvgIpc) is 2.33. The highest BCUT2D eigenvalue weighted by Crippen LogP contribution is 2.25. The van der Waals surface area contributed by atoms with Gasteiger partial charge in [0.2, 0.25) is 0 Å². The van der Waals surface area contributed by atoms with Gasteiger partial charge in [0.1, 0.15) is 0 Å². The Labute approximate surface area is 134 Å². The average molecular weight is 378 g/mol. The zero-order valence-electron chi connectivity index (χ0n) is 9.59. The summed E-state index contributed by atoms with van der Waals surface area (Å²) >= 11 is 21.3. The minimum absolute atomic E-state index is 0.0957. The van der Waals surface area contributed by atoms with Gasteiger partial charge in [-0.1, -0.05) is 50.7 Å². The van der Waals surface area contributed by atoms with Crippen molar-refractivity contribution in [2.45, 2.75) is 6.42 Å². The van der Waals surface area contributed by atoms with E-state index in [-0.39, 0.29) is 12.2 Å². The van der Waals surface area contributed by atoms with Crippen LogP contribution in [0.15, 0.2) is 40.9 Å². The summed E-state index contributed by atoms with van der Waals surface area (Å²) in [5, 5.41) is 1.48. The molecule has 2 aromatic carbocycles. The van der Waals surface area contributed by atoms with Crippen LogP contribution in [0.5, 0.6) is 0 Å². The number of halogens is 4. The van der Waals surface area contributed by atoms with Crippen molar-refractivity contribution < 1.29 is 4.79 Å². The van der Waals surface area contributed by atoms with Crippen LogP contribution < -0.4 is 0 Å². The third-order valence-corrected chi connectivity index (χ3v) is 4.00. The van der Waals surface area contributed by atoms with Gasteiger partial charge in [0, 0.05) is 26.5 Å². The Morgan fingerprint density at radius 1 is 1.00 bits per heavy atom. The Bertz CT molecular complexity index is 641. The third-order valence-electron chi connectivity index (χ3n) is 2.59. The van der Waals surface area contributed by atoms with Crippen molar-refractivity contribution in [1.29, 1.82) is 0 Å².